The molecule has 100 valence electrons. The van der Waals surface area contributed by atoms with E-state index in [0.29, 0.717) is 23.5 Å². The zero-order chi connectivity index (χ0) is 13.8. The zero-order valence-electron chi connectivity index (χ0n) is 10.9. The third kappa shape index (κ3) is 3.26. The van der Waals surface area contributed by atoms with Gasteiger partial charge in [-0.3, -0.25) is 4.79 Å². The summed E-state index contributed by atoms with van der Waals surface area (Å²) < 4.78 is 5.16. The number of ether oxygens (including phenoxy) is 1. The number of hydrogen-bond donors (Lipinski definition) is 2. The summed E-state index contributed by atoms with van der Waals surface area (Å²) in [5.41, 5.74) is 6.69. The van der Waals surface area contributed by atoms with Gasteiger partial charge in [0.1, 0.15) is 5.75 Å². The second-order valence-corrected chi connectivity index (χ2v) is 5.53. The Balaban J connectivity index is 2.09. The van der Waals surface area contributed by atoms with Crippen molar-refractivity contribution in [1.82, 2.24) is 5.32 Å². The lowest BCUT2D eigenvalue weighted by atomic mass is 10.1. The number of nitrogens with one attached hydrogen (secondary N) is 1. The van der Waals surface area contributed by atoms with Crippen LogP contribution in [0.5, 0.6) is 5.75 Å². The predicted octanol–water partition coefficient (Wildman–Crippen LogP) is 2.58. The van der Waals surface area contributed by atoms with Crippen LogP contribution >= 0.6 is 11.3 Å². The Labute approximate surface area is 116 Å². The molecule has 1 heterocycles. The summed E-state index contributed by atoms with van der Waals surface area (Å²) >= 11 is 1.67. The molecule has 0 aliphatic rings. The maximum absolute atomic E-state index is 12.1. The van der Waals surface area contributed by atoms with Crippen molar-refractivity contribution >= 4 is 22.9 Å². The highest BCUT2D eigenvalue weighted by molar-refractivity contribution is 7.11. The number of benzene rings is 1. The van der Waals surface area contributed by atoms with Gasteiger partial charge in [-0.1, -0.05) is 0 Å². The van der Waals surface area contributed by atoms with Crippen molar-refractivity contribution in [3.63, 3.8) is 0 Å². The van der Waals surface area contributed by atoms with Gasteiger partial charge in [-0.2, -0.15) is 0 Å². The first-order chi connectivity index (χ1) is 9.10. The Morgan fingerprint density at radius 2 is 2.16 bits per heavy atom. The predicted molar refractivity (Wildman–Crippen MR) is 77.6 cm³/mol. The van der Waals surface area contributed by atoms with E-state index in [1.807, 2.05) is 19.1 Å². The van der Waals surface area contributed by atoms with Gasteiger partial charge in [0.25, 0.3) is 5.91 Å². The molecule has 0 bridgehead atoms. The average molecular weight is 276 g/mol. The van der Waals surface area contributed by atoms with Crippen LogP contribution in [0.25, 0.3) is 0 Å². The molecule has 0 saturated carbocycles. The molecular formula is C14H16N2O2S. The van der Waals surface area contributed by atoms with Crippen molar-refractivity contribution in [2.24, 2.45) is 0 Å². The molecule has 4 nitrogen and oxygen atoms in total. The van der Waals surface area contributed by atoms with Gasteiger partial charge in [0.15, 0.2) is 0 Å². The summed E-state index contributed by atoms with van der Waals surface area (Å²) in [4.78, 5) is 14.5. The van der Waals surface area contributed by atoms with Crippen molar-refractivity contribution in [2.45, 2.75) is 13.5 Å². The summed E-state index contributed by atoms with van der Waals surface area (Å²) in [6, 6.07) is 9.07. The SMILES string of the molecule is COc1ccc(N)cc1C(=O)NCc1ccc(C)s1. The van der Waals surface area contributed by atoms with Gasteiger partial charge in [0.2, 0.25) is 0 Å². The van der Waals surface area contributed by atoms with Gasteiger partial charge in [0.05, 0.1) is 19.2 Å². The van der Waals surface area contributed by atoms with Crippen LogP contribution < -0.4 is 15.8 Å². The number of amides is 1. The minimum absolute atomic E-state index is 0.185. The van der Waals surface area contributed by atoms with Crippen molar-refractivity contribution in [3.8, 4) is 5.75 Å². The molecule has 2 rings (SSSR count). The number of anilines is 1. The van der Waals surface area contributed by atoms with Gasteiger partial charge < -0.3 is 15.8 Å². The van der Waals surface area contributed by atoms with Gasteiger partial charge >= 0.3 is 0 Å². The van der Waals surface area contributed by atoms with E-state index in [4.69, 9.17) is 10.5 Å². The highest BCUT2D eigenvalue weighted by atomic mass is 32.1. The number of rotatable bonds is 4. The monoisotopic (exact) mass is 276 g/mol. The fraction of sp³-hybridized carbons (Fsp3) is 0.214. The number of nitrogen functional groups attached to an aromatic ring is 1. The fourth-order valence-electron chi connectivity index (χ4n) is 1.75. The second kappa shape index (κ2) is 5.75. The molecular weight excluding hydrogens is 260 g/mol. The minimum Gasteiger partial charge on any atom is -0.496 e. The number of thiophene rings is 1. The normalized spacial score (nSPS) is 10.2. The number of aryl methyl sites for hydroxylation is 1. The molecule has 2 aromatic rings. The molecule has 0 aliphatic heterocycles. The first-order valence-corrected chi connectivity index (χ1v) is 6.69. The average Bonchev–Trinajstić information content (AvgIpc) is 2.81. The van der Waals surface area contributed by atoms with Crippen LogP contribution in [-0.4, -0.2) is 13.0 Å². The summed E-state index contributed by atoms with van der Waals surface area (Å²) in [5, 5.41) is 2.87. The lowest BCUT2D eigenvalue weighted by Crippen LogP contribution is -2.23. The molecule has 3 N–H and O–H groups in total. The maximum Gasteiger partial charge on any atom is 0.255 e. The molecule has 0 fully saturated rings. The fourth-order valence-corrected chi connectivity index (χ4v) is 2.58. The van der Waals surface area contributed by atoms with Crippen molar-refractivity contribution in [2.75, 3.05) is 12.8 Å². The largest absolute Gasteiger partial charge is 0.496 e. The van der Waals surface area contributed by atoms with Crippen LogP contribution in [0.4, 0.5) is 5.69 Å². The molecule has 0 spiro atoms. The molecule has 19 heavy (non-hydrogen) atoms. The maximum atomic E-state index is 12.1. The highest BCUT2D eigenvalue weighted by Crippen LogP contribution is 2.21. The molecule has 0 radical (unpaired) electrons. The molecule has 0 aliphatic carbocycles. The molecule has 1 aromatic heterocycles. The Kier molecular flexibility index (Phi) is 4.06. The van der Waals surface area contributed by atoms with Gasteiger partial charge in [-0.05, 0) is 37.3 Å². The van der Waals surface area contributed by atoms with Crippen LogP contribution in [-0.2, 0) is 6.54 Å². The zero-order valence-corrected chi connectivity index (χ0v) is 11.7. The van der Waals surface area contributed by atoms with Gasteiger partial charge in [-0.15, -0.1) is 11.3 Å². The number of methoxy groups -OCH3 is 1. The van der Waals surface area contributed by atoms with Gasteiger partial charge in [0, 0.05) is 15.4 Å². The van der Waals surface area contributed by atoms with Crippen LogP contribution in [0.3, 0.4) is 0 Å². The van der Waals surface area contributed by atoms with E-state index in [1.54, 1.807) is 29.5 Å². The van der Waals surface area contributed by atoms with Crippen LogP contribution in [0.2, 0.25) is 0 Å². The first-order valence-electron chi connectivity index (χ1n) is 5.87. The van der Waals surface area contributed by atoms with Crippen LogP contribution in [0, 0.1) is 6.92 Å². The van der Waals surface area contributed by atoms with E-state index in [1.165, 1.54) is 12.0 Å². The molecule has 0 unspecified atom stereocenters. The first kappa shape index (κ1) is 13.4. The topological polar surface area (TPSA) is 64.3 Å². The van der Waals surface area contributed by atoms with E-state index in [0.717, 1.165) is 4.88 Å². The van der Waals surface area contributed by atoms with Crippen LogP contribution in [0.15, 0.2) is 30.3 Å². The Morgan fingerprint density at radius 3 is 2.79 bits per heavy atom. The van der Waals surface area contributed by atoms with Gasteiger partial charge in [-0.25, -0.2) is 0 Å². The Bertz CT molecular complexity index is 593. The Morgan fingerprint density at radius 1 is 1.37 bits per heavy atom. The molecule has 1 amide bonds. The molecule has 5 heteroatoms. The number of hydrogen-bond acceptors (Lipinski definition) is 4. The van der Waals surface area contributed by atoms with E-state index in [2.05, 4.69) is 5.32 Å². The lowest BCUT2D eigenvalue weighted by Gasteiger charge is -2.09. The standard InChI is InChI=1S/C14H16N2O2S/c1-9-3-5-11(19-9)8-16-14(17)12-7-10(15)4-6-13(12)18-2/h3-7H,8,15H2,1-2H3,(H,16,17). The van der Waals surface area contributed by atoms with Crippen molar-refractivity contribution in [3.05, 3.63) is 45.6 Å². The summed E-state index contributed by atoms with van der Waals surface area (Å²) in [6.07, 6.45) is 0. The lowest BCUT2D eigenvalue weighted by molar-refractivity contribution is 0.0948. The third-order valence-corrected chi connectivity index (χ3v) is 3.69. The third-order valence-electron chi connectivity index (χ3n) is 2.69. The quantitative estimate of drug-likeness (QED) is 0.844. The van der Waals surface area contributed by atoms with Crippen molar-refractivity contribution in [1.29, 1.82) is 0 Å². The number of carbonyl (C=O) groups excluding carboxylic acids is 1. The minimum atomic E-state index is -0.185. The highest BCUT2D eigenvalue weighted by Gasteiger charge is 2.12. The molecule has 1 aromatic carbocycles. The van der Waals surface area contributed by atoms with E-state index >= 15 is 0 Å². The van der Waals surface area contributed by atoms with E-state index in [-0.39, 0.29) is 5.91 Å². The van der Waals surface area contributed by atoms with Crippen LogP contribution in [0.1, 0.15) is 20.1 Å². The second-order valence-electron chi connectivity index (χ2n) is 4.15. The summed E-state index contributed by atoms with van der Waals surface area (Å²) in [5.74, 6) is 0.337. The number of carbonyl (C=O) groups is 1. The number of nitrogens with two attached hydrogens (primary N) is 1. The van der Waals surface area contributed by atoms with E-state index in [9.17, 15) is 4.79 Å². The molecule has 0 saturated heterocycles. The summed E-state index contributed by atoms with van der Waals surface area (Å²) in [7, 11) is 1.53. The summed E-state index contributed by atoms with van der Waals surface area (Å²) in [6.45, 7) is 2.55. The Hall–Kier alpha value is -2.01. The van der Waals surface area contributed by atoms with E-state index < -0.39 is 0 Å². The smallest absolute Gasteiger partial charge is 0.255 e. The van der Waals surface area contributed by atoms with Crippen molar-refractivity contribution < 1.29 is 9.53 Å². The molecule has 0 atom stereocenters.